The van der Waals surface area contributed by atoms with Crippen LogP contribution in [-0.2, 0) is 4.79 Å². The van der Waals surface area contributed by atoms with Crippen LogP contribution >= 0.6 is 20.8 Å². The molecule has 5 aromatic carbocycles. The number of allylic oxidation sites excluding steroid dienone is 3. The van der Waals surface area contributed by atoms with Crippen LogP contribution in [0.25, 0.3) is 12.2 Å². The van der Waals surface area contributed by atoms with E-state index in [1.54, 1.807) is 26.3 Å². The zero-order chi connectivity index (χ0) is 57.1. The van der Waals surface area contributed by atoms with Gasteiger partial charge in [-0.15, -0.1) is 12.2 Å². The Hall–Kier alpha value is -2.50. The van der Waals surface area contributed by atoms with Gasteiger partial charge in [0.15, 0.2) is 0 Å². The van der Waals surface area contributed by atoms with E-state index in [2.05, 4.69) is 212 Å². The van der Waals surface area contributed by atoms with Crippen molar-refractivity contribution in [2.75, 3.05) is 6.66 Å². The predicted molar refractivity (Wildman–Crippen MR) is 356 cm³/mol. The summed E-state index contributed by atoms with van der Waals surface area (Å²) in [4.78, 5) is 10.9. The van der Waals surface area contributed by atoms with Crippen molar-refractivity contribution in [3.8, 4) is 0 Å². The summed E-state index contributed by atoms with van der Waals surface area (Å²) in [5, 5.41) is 11.6. The number of hydrogen-bond acceptors (Lipinski definition) is 2. The second-order valence-electron chi connectivity index (χ2n) is 25.7. The van der Waals surface area contributed by atoms with E-state index in [-0.39, 0.29) is 51.4 Å². The third-order valence-corrected chi connectivity index (χ3v) is 26.6. The fraction of sp³-hybridized carbons (Fsp3) is 0.513. The Bertz CT molecular complexity index is 2300. The van der Waals surface area contributed by atoms with Gasteiger partial charge in [-0.3, -0.25) is 0 Å². The van der Waals surface area contributed by atoms with E-state index < -0.39 is 10.9 Å². The van der Waals surface area contributed by atoms with Crippen molar-refractivity contribution in [1.29, 1.82) is 0 Å². The molecule has 9 rings (SSSR count). The molecule has 0 aromatic heterocycles. The molecule has 0 amide bonds. The first-order chi connectivity index (χ1) is 38.7. The molecular formula is C76H105BrKO2P. The average Bonchev–Trinajstić information content (AvgIpc) is 3.62. The van der Waals surface area contributed by atoms with Crippen LogP contribution in [0, 0.1) is 35.5 Å². The van der Waals surface area contributed by atoms with Crippen LogP contribution in [-0.4, -0.2) is 18.6 Å². The molecule has 5 aromatic rings. The molecule has 0 unspecified atom stereocenters. The summed E-state index contributed by atoms with van der Waals surface area (Å²) in [6.07, 6.45) is 45.4. The van der Waals surface area contributed by atoms with Crippen LogP contribution < -0.4 is 72.4 Å². The standard InChI is InChI=1S/C27H40.C26H38O.C19H18BrP.C4H9O.K/c1-3-5-6-7-23-8-10-24(11-9-23)12-13-25-16-20-27(21-17-25)26-18-14-22(4-2)15-19-26;1-2-3-4-5-21-6-8-22(9-7-21)10-11-23-12-16-25(17-13-23)26-18-14-24(20-27)15-19-26;1-21(20,17-11-5-2-6-12-17,18-13-7-3-8-14-18)19-15-9-4-10-16-19;1-4(2,3)5;/h4,12-13,16-17,20-24,26H,2-3,5-11,14-15,18-19H2,1H3;10-13,16-17,20-22,24,26H,2-9,14-15,18-19H2,1H3;2-16H,1H3;1-3H3;/q;;;-1;+1. The van der Waals surface area contributed by atoms with Crippen LogP contribution in [0.1, 0.15) is 223 Å². The fourth-order valence-electron chi connectivity index (χ4n) is 13.0. The third-order valence-electron chi connectivity index (χ3n) is 18.3. The third kappa shape index (κ3) is 23.4. The summed E-state index contributed by atoms with van der Waals surface area (Å²) in [5.41, 5.74) is 4.97. The molecule has 0 saturated heterocycles. The molecule has 0 bridgehead atoms. The van der Waals surface area contributed by atoms with Crippen molar-refractivity contribution < 1.29 is 61.3 Å². The minimum atomic E-state index is -2.56. The minimum Gasteiger partial charge on any atom is 1.00 e. The molecule has 434 valence electrons. The van der Waals surface area contributed by atoms with Crippen molar-refractivity contribution in [2.45, 2.75) is 206 Å². The summed E-state index contributed by atoms with van der Waals surface area (Å²) < 4.78 is 0. The molecule has 4 aliphatic carbocycles. The van der Waals surface area contributed by atoms with Crippen molar-refractivity contribution in [3.63, 3.8) is 0 Å². The molecule has 2 nitrogen and oxygen atoms in total. The van der Waals surface area contributed by atoms with Gasteiger partial charge in [0.2, 0.25) is 0 Å². The van der Waals surface area contributed by atoms with Gasteiger partial charge in [-0.1, -0.05) is 165 Å². The summed E-state index contributed by atoms with van der Waals surface area (Å²) >= 11 is 4.24. The van der Waals surface area contributed by atoms with Crippen molar-refractivity contribution in [2.24, 2.45) is 35.5 Å². The molecule has 0 atom stereocenters. The number of unbranched alkanes of at least 4 members (excludes halogenated alkanes) is 4. The van der Waals surface area contributed by atoms with Gasteiger partial charge in [0.1, 0.15) is 6.29 Å². The molecule has 5 heteroatoms. The van der Waals surface area contributed by atoms with Gasteiger partial charge in [-0.05, 0) is 166 Å². The zero-order valence-electron chi connectivity index (χ0n) is 51.7. The Kier molecular flexibility index (Phi) is 31.2. The van der Waals surface area contributed by atoms with E-state index in [1.807, 2.05) is 0 Å². The number of carbonyl (C=O) groups is 1. The monoisotopic (exact) mass is 1200 g/mol. The fourth-order valence-corrected chi connectivity index (χ4v) is 18.7. The normalized spacial score (nSPS) is 23.6. The molecule has 0 radical (unpaired) electrons. The van der Waals surface area contributed by atoms with Gasteiger partial charge in [0.05, 0.1) is 0 Å². The van der Waals surface area contributed by atoms with Crippen LogP contribution in [0.2, 0.25) is 0 Å². The summed E-state index contributed by atoms with van der Waals surface area (Å²) in [6, 6.07) is 50.9. The van der Waals surface area contributed by atoms with Crippen molar-refractivity contribution in [3.05, 3.63) is 187 Å². The van der Waals surface area contributed by atoms with Crippen LogP contribution in [0.5, 0.6) is 0 Å². The summed E-state index contributed by atoms with van der Waals surface area (Å²) in [5.74, 6) is 6.08. The maximum Gasteiger partial charge on any atom is 1.00 e. The molecule has 0 aliphatic heterocycles. The van der Waals surface area contributed by atoms with E-state index >= 15 is 0 Å². The molecule has 4 aliphatic rings. The SMILES string of the molecule is C=CC1CCC(c2ccc(C=CC3CCC(CCCCC)CC3)cc2)CC1.CC(C)(C)[O-].CCCCCC1CCC(C=Cc2ccc(C3CCC(C=O)CC3)cc2)CC1.CP(Br)(c1ccccc1)(c1ccccc1)c1ccccc1.[K+]. The molecule has 4 saturated carbocycles. The molecule has 0 heterocycles. The summed E-state index contributed by atoms with van der Waals surface area (Å²) in [7, 11) is 0. The average molecular weight is 1200 g/mol. The van der Waals surface area contributed by atoms with Gasteiger partial charge >= 0.3 is 186 Å². The Morgan fingerprint density at radius 2 is 0.790 bits per heavy atom. The van der Waals surface area contributed by atoms with Crippen molar-refractivity contribution in [1.82, 2.24) is 0 Å². The Balaban J connectivity index is 0.000000214. The van der Waals surface area contributed by atoms with Crippen LogP contribution in [0.15, 0.2) is 164 Å². The van der Waals surface area contributed by atoms with Crippen LogP contribution in [0.4, 0.5) is 0 Å². The quantitative estimate of drug-likeness (QED) is 0.0272. The topological polar surface area (TPSA) is 40.1 Å². The van der Waals surface area contributed by atoms with E-state index in [1.165, 1.54) is 174 Å². The minimum absolute atomic E-state index is 0. The van der Waals surface area contributed by atoms with Gasteiger partial charge in [0.25, 0.3) is 0 Å². The first-order valence-corrected chi connectivity index (χ1v) is 36.6. The van der Waals surface area contributed by atoms with Crippen LogP contribution in [0.3, 0.4) is 0 Å². The Labute approximate surface area is 545 Å². The van der Waals surface area contributed by atoms with Crippen molar-refractivity contribution >= 4 is 55.1 Å². The largest absolute Gasteiger partial charge is 1.00 e. The van der Waals surface area contributed by atoms with E-state index in [4.69, 9.17) is 0 Å². The van der Waals surface area contributed by atoms with Gasteiger partial charge in [-0.25, -0.2) is 0 Å². The predicted octanol–water partition coefficient (Wildman–Crippen LogP) is 17.7. The number of halogens is 1. The second-order valence-corrected chi connectivity index (χ2v) is 35.5. The number of rotatable bonds is 19. The Morgan fingerprint density at radius 1 is 0.481 bits per heavy atom. The first kappa shape index (κ1) is 69.3. The maximum absolute atomic E-state index is 10.9. The van der Waals surface area contributed by atoms with E-state index in [0.29, 0.717) is 11.8 Å². The van der Waals surface area contributed by atoms with Gasteiger partial charge in [0, 0.05) is 5.92 Å². The van der Waals surface area contributed by atoms with Gasteiger partial charge in [-0.2, -0.15) is 0 Å². The molecule has 81 heavy (non-hydrogen) atoms. The second kappa shape index (κ2) is 36.5. The van der Waals surface area contributed by atoms with E-state index in [9.17, 15) is 9.90 Å². The summed E-state index contributed by atoms with van der Waals surface area (Å²) in [6.45, 7) is 15.8. The first-order valence-electron chi connectivity index (χ1n) is 31.9. The molecule has 0 spiro atoms. The van der Waals surface area contributed by atoms with Gasteiger partial charge < -0.3 is 9.90 Å². The molecular weight excluding hydrogens is 1090 g/mol. The number of hydrogen-bond donors (Lipinski definition) is 0. The number of benzene rings is 5. The number of aldehydes is 1. The number of carbonyl (C=O) groups excluding carboxylic acids is 1. The smallest absolute Gasteiger partial charge is 1.00 e. The maximum atomic E-state index is 10.9. The molecule has 0 N–H and O–H groups in total. The van der Waals surface area contributed by atoms with E-state index in [0.717, 1.165) is 54.6 Å². The zero-order valence-corrected chi connectivity index (χ0v) is 57.3. The Morgan fingerprint density at radius 3 is 1.09 bits per heavy atom. The molecule has 4 fully saturated rings.